The molecule has 0 aromatic carbocycles. The first-order valence-electron chi connectivity index (χ1n) is 4.43. The van der Waals surface area contributed by atoms with Crippen molar-refractivity contribution in [2.75, 3.05) is 6.54 Å². The Morgan fingerprint density at radius 1 is 1.47 bits per heavy atom. The number of alkyl halides is 3. The average molecular weight is 240 g/mol. The molecule has 3 N–H and O–H groups in total. The minimum absolute atomic E-state index is 0.0200. The van der Waals surface area contributed by atoms with Crippen LogP contribution < -0.4 is 11.1 Å². The van der Waals surface area contributed by atoms with Gasteiger partial charge in [-0.3, -0.25) is 4.79 Å². The van der Waals surface area contributed by atoms with Gasteiger partial charge in [-0.25, -0.2) is 0 Å². The SMILES string of the molecule is NC(=S)C1(C(=O)NCC(F)(F)F)CCC1. The zero-order valence-electron chi connectivity index (χ0n) is 7.86. The largest absolute Gasteiger partial charge is 0.405 e. The zero-order valence-corrected chi connectivity index (χ0v) is 8.67. The lowest BCUT2D eigenvalue weighted by molar-refractivity contribution is -0.144. The molecule has 15 heavy (non-hydrogen) atoms. The van der Waals surface area contributed by atoms with Crippen molar-refractivity contribution in [2.24, 2.45) is 11.1 Å². The van der Waals surface area contributed by atoms with Gasteiger partial charge in [0.2, 0.25) is 5.91 Å². The minimum Gasteiger partial charge on any atom is -0.392 e. The Morgan fingerprint density at radius 2 is 2.00 bits per heavy atom. The predicted octanol–water partition coefficient (Wildman–Crippen LogP) is 1.12. The van der Waals surface area contributed by atoms with Gasteiger partial charge < -0.3 is 11.1 Å². The van der Waals surface area contributed by atoms with Crippen LogP contribution in [0.3, 0.4) is 0 Å². The molecule has 0 spiro atoms. The molecule has 0 bridgehead atoms. The van der Waals surface area contributed by atoms with Gasteiger partial charge in [0, 0.05) is 0 Å². The van der Waals surface area contributed by atoms with Crippen LogP contribution in [-0.2, 0) is 4.79 Å². The van der Waals surface area contributed by atoms with Crippen LogP contribution >= 0.6 is 12.2 Å². The van der Waals surface area contributed by atoms with Crippen LogP contribution in [0.15, 0.2) is 0 Å². The van der Waals surface area contributed by atoms with Gasteiger partial charge in [-0.2, -0.15) is 13.2 Å². The maximum Gasteiger partial charge on any atom is 0.405 e. The maximum atomic E-state index is 11.8. The van der Waals surface area contributed by atoms with Gasteiger partial charge in [0.1, 0.15) is 6.54 Å². The Kier molecular flexibility index (Phi) is 3.22. The van der Waals surface area contributed by atoms with E-state index < -0.39 is 24.0 Å². The number of amides is 1. The molecule has 7 heteroatoms. The minimum atomic E-state index is -4.41. The maximum absolute atomic E-state index is 11.8. The van der Waals surface area contributed by atoms with E-state index in [1.54, 1.807) is 0 Å². The first-order valence-corrected chi connectivity index (χ1v) is 4.84. The molecule has 1 amide bonds. The molecule has 0 radical (unpaired) electrons. The molecule has 0 aromatic heterocycles. The highest BCUT2D eigenvalue weighted by molar-refractivity contribution is 7.80. The van der Waals surface area contributed by atoms with E-state index in [9.17, 15) is 18.0 Å². The second-order valence-electron chi connectivity index (χ2n) is 3.60. The lowest BCUT2D eigenvalue weighted by Gasteiger charge is -2.39. The number of nitrogens with one attached hydrogen (secondary N) is 1. The summed E-state index contributed by atoms with van der Waals surface area (Å²) in [7, 11) is 0. The Hall–Kier alpha value is -0.850. The third-order valence-corrected chi connectivity index (χ3v) is 2.95. The van der Waals surface area contributed by atoms with E-state index in [2.05, 4.69) is 0 Å². The number of thiocarbonyl (C=S) groups is 1. The van der Waals surface area contributed by atoms with Crippen molar-refractivity contribution < 1.29 is 18.0 Å². The van der Waals surface area contributed by atoms with E-state index >= 15 is 0 Å². The molecular formula is C8H11F3N2OS. The monoisotopic (exact) mass is 240 g/mol. The zero-order chi connectivity index (χ0) is 11.7. The summed E-state index contributed by atoms with van der Waals surface area (Å²) in [5, 5.41) is 1.82. The van der Waals surface area contributed by atoms with Gasteiger partial charge in [0.25, 0.3) is 0 Å². The predicted molar refractivity (Wildman–Crippen MR) is 52.1 cm³/mol. The van der Waals surface area contributed by atoms with Gasteiger partial charge >= 0.3 is 6.18 Å². The normalized spacial score (nSPS) is 19.1. The quantitative estimate of drug-likeness (QED) is 0.727. The molecule has 0 heterocycles. The van der Waals surface area contributed by atoms with Gasteiger partial charge in [-0.1, -0.05) is 18.6 Å². The standard InChI is InChI=1S/C8H11F3N2OS/c9-8(10,11)4-13-6(14)7(5(12)15)2-1-3-7/h1-4H2,(H2,12,15)(H,13,14). The number of carbonyl (C=O) groups excluding carboxylic acids is 1. The van der Waals surface area contributed by atoms with Crippen molar-refractivity contribution in [3.63, 3.8) is 0 Å². The molecule has 1 saturated carbocycles. The van der Waals surface area contributed by atoms with Crippen LogP contribution in [0, 0.1) is 5.41 Å². The average Bonchev–Trinajstić information content (AvgIpc) is 1.96. The Labute approximate surface area is 90.2 Å². The number of hydrogen-bond acceptors (Lipinski definition) is 2. The summed E-state index contributed by atoms with van der Waals surface area (Å²) in [5.74, 6) is -0.710. The molecule has 0 atom stereocenters. The second-order valence-corrected chi connectivity index (χ2v) is 4.04. The highest BCUT2D eigenvalue weighted by Crippen LogP contribution is 2.41. The fourth-order valence-corrected chi connectivity index (χ4v) is 1.76. The Bertz CT molecular complexity index is 286. The number of halogens is 3. The number of nitrogens with two attached hydrogens (primary N) is 1. The number of rotatable bonds is 3. The lowest BCUT2D eigenvalue weighted by Crippen LogP contribution is -2.54. The lowest BCUT2D eigenvalue weighted by atomic mass is 9.68. The molecule has 0 aliphatic heterocycles. The van der Waals surface area contributed by atoms with Crippen LogP contribution in [-0.4, -0.2) is 23.6 Å². The highest BCUT2D eigenvalue weighted by Gasteiger charge is 2.47. The summed E-state index contributed by atoms with van der Waals surface area (Å²) in [5.41, 5.74) is 4.32. The molecule has 1 aliphatic rings. The van der Waals surface area contributed by atoms with Crippen LogP contribution in [0.2, 0.25) is 0 Å². The van der Waals surface area contributed by atoms with E-state index in [1.165, 1.54) is 0 Å². The van der Waals surface area contributed by atoms with E-state index in [1.807, 2.05) is 5.32 Å². The van der Waals surface area contributed by atoms with E-state index in [0.717, 1.165) is 6.42 Å². The first kappa shape index (κ1) is 12.2. The van der Waals surface area contributed by atoms with Crippen LogP contribution in [0.25, 0.3) is 0 Å². The van der Waals surface area contributed by atoms with Crippen LogP contribution in [0.1, 0.15) is 19.3 Å². The van der Waals surface area contributed by atoms with Crippen molar-refractivity contribution in [3.8, 4) is 0 Å². The topological polar surface area (TPSA) is 55.1 Å². The fourth-order valence-electron chi connectivity index (χ4n) is 1.47. The Balaban J connectivity index is 2.56. The molecule has 0 aromatic rings. The van der Waals surface area contributed by atoms with Crippen molar-refractivity contribution in [3.05, 3.63) is 0 Å². The third-order valence-electron chi connectivity index (χ3n) is 2.56. The van der Waals surface area contributed by atoms with Crippen molar-refractivity contribution in [1.29, 1.82) is 0 Å². The van der Waals surface area contributed by atoms with Crippen LogP contribution in [0.4, 0.5) is 13.2 Å². The number of carbonyl (C=O) groups is 1. The molecule has 0 unspecified atom stereocenters. The molecular weight excluding hydrogens is 229 g/mol. The van der Waals surface area contributed by atoms with Gasteiger partial charge in [0.05, 0.1) is 10.4 Å². The fraction of sp³-hybridized carbons (Fsp3) is 0.750. The van der Waals surface area contributed by atoms with E-state index in [4.69, 9.17) is 18.0 Å². The molecule has 1 rings (SSSR count). The second kappa shape index (κ2) is 3.96. The Morgan fingerprint density at radius 3 is 2.27 bits per heavy atom. The summed E-state index contributed by atoms with van der Waals surface area (Å²) < 4.78 is 35.5. The van der Waals surface area contributed by atoms with Crippen molar-refractivity contribution in [2.45, 2.75) is 25.4 Å². The molecule has 3 nitrogen and oxygen atoms in total. The van der Waals surface area contributed by atoms with Crippen LogP contribution in [0.5, 0.6) is 0 Å². The summed E-state index contributed by atoms with van der Waals surface area (Å²) >= 11 is 4.70. The highest BCUT2D eigenvalue weighted by atomic mass is 32.1. The van der Waals surface area contributed by atoms with Gasteiger partial charge in [-0.15, -0.1) is 0 Å². The van der Waals surface area contributed by atoms with Gasteiger partial charge in [0.15, 0.2) is 0 Å². The third kappa shape index (κ3) is 2.58. The summed E-state index contributed by atoms with van der Waals surface area (Å²) in [6.45, 7) is -1.34. The van der Waals surface area contributed by atoms with Gasteiger partial charge in [-0.05, 0) is 12.8 Å². The smallest absolute Gasteiger partial charge is 0.392 e. The molecule has 0 saturated heterocycles. The summed E-state index contributed by atoms with van der Waals surface area (Å²) in [4.78, 5) is 11.4. The number of hydrogen-bond donors (Lipinski definition) is 2. The molecule has 1 aliphatic carbocycles. The first-order chi connectivity index (χ1) is 6.78. The summed E-state index contributed by atoms with van der Waals surface area (Å²) in [6, 6.07) is 0. The van der Waals surface area contributed by atoms with E-state index in [0.29, 0.717) is 12.8 Å². The van der Waals surface area contributed by atoms with E-state index in [-0.39, 0.29) is 4.99 Å². The molecule has 86 valence electrons. The van der Waals surface area contributed by atoms with Crippen molar-refractivity contribution >= 4 is 23.1 Å². The summed E-state index contributed by atoms with van der Waals surface area (Å²) in [6.07, 6.45) is -2.77. The van der Waals surface area contributed by atoms with Crippen molar-refractivity contribution in [1.82, 2.24) is 5.32 Å². The molecule has 1 fully saturated rings.